The van der Waals surface area contributed by atoms with Gasteiger partial charge in [0.05, 0.1) is 0 Å². The number of hydrogen-bond acceptors (Lipinski definition) is 2. The molecular formula is C16H22FN3. The van der Waals surface area contributed by atoms with Crippen LogP contribution in [-0.4, -0.2) is 16.1 Å². The van der Waals surface area contributed by atoms with Crippen molar-refractivity contribution in [3.63, 3.8) is 0 Å². The van der Waals surface area contributed by atoms with E-state index >= 15 is 0 Å². The molecule has 108 valence electrons. The van der Waals surface area contributed by atoms with Gasteiger partial charge >= 0.3 is 0 Å². The lowest BCUT2D eigenvalue weighted by atomic mass is 10.0. The Morgan fingerprint density at radius 1 is 1.35 bits per heavy atom. The summed E-state index contributed by atoms with van der Waals surface area (Å²) in [6.07, 6.45) is 5.53. The van der Waals surface area contributed by atoms with Gasteiger partial charge in [-0.3, -0.25) is 0 Å². The SMILES string of the molecule is CCCNC(Cc1nccn1C)c1cc(C)cc(F)c1. The first-order valence-electron chi connectivity index (χ1n) is 7.07. The molecule has 4 heteroatoms. The van der Waals surface area contributed by atoms with E-state index in [2.05, 4.69) is 17.2 Å². The zero-order chi connectivity index (χ0) is 14.5. The Morgan fingerprint density at radius 2 is 2.15 bits per heavy atom. The van der Waals surface area contributed by atoms with E-state index in [4.69, 9.17) is 0 Å². The molecule has 0 saturated heterocycles. The molecule has 0 spiro atoms. The van der Waals surface area contributed by atoms with Gasteiger partial charge in [0.25, 0.3) is 0 Å². The first-order chi connectivity index (χ1) is 9.60. The smallest absolute Gasteiger partial charge is 0.123 e. The predicted octanol–water partition coefficient (Wildman–Crippen LogP) is 3.15. The van der Waals surface area contributed by atoms with E-state index in [1.807, 2.05) is 30.8 Å². The molecule has 20 heavy (non-hydrogen) atoms. The molecule has 0 saturated carbocycles. The maximum absolute atomic E-state index is 13.6. The Balaban J connectivity index is 2.24. The molecule has 1 aromatic carbocycles. The average Bonchev–Trinajstić information content (AvgIpc) is 2.78. The molecule has 0 radical (unpaired) electrons. The third kappa shape index (κ3) is 3.67. The molecule has 1 N–H and O–H groups in total. The Morgan fingerprint density at radius 3 is 2.75 bits per heavy atom. The summed E-state index contributed by atoms with van der Waals surface area (Å²) in [4.78, 5) is 4.36. The second-order valence-electron chi connectivity index (χ2n) is 5.23. The highest BCUT2D eigenvalue weighted by Crippen LogP contribution is 2.20. The van der Waals surface area contributed by atoms with Crippen molar-refractivity contribution in [3.8, 4) is 0 Å². The fourth-order valence-corrected chi connectivity index (χ4v) is 2.37. The van der Waals surface area contributed by atoms with Gasteiger partial charge in [-0.2, -0.15) is 0 Å². The lowest BCUT2D eigenvalue weighted by Gasteiger charge is -2.19. The van der Waals surface area contributed by atoms with Crippen molar-refractivity contribution in [1.82, 2.24) is 14.9 Å². The van der Waals surface area contributed by atoms with E-state index in [1.54, 1.807) is 18.3 Å². The predicted molar refractivity (Wildman–Crippen MR) is 79.1 cm³/mol. The standard InChI is InChI=1S/C16H22FN3/c1-4-5-18-15(11-16-19-6-7-20(16)3)13-8-12(2)9-14(17)10-13/h6-10,15,18H,4-5,11H2,1-3H3. The van der Waals surface area contributed by atoms with Crippen LogP contribution in [0.1, 0.15) is 36.3 Å². The molecule has 1 unspecified atom stereocenters. The zero-order valence-corrected chi connectivity index (χ0v) is 12.4. The number of halogens is 1. The third-order valence-electron chi connectivity index (χ3n) is 3.42. The van der Waals surface area contributed by atoms with Gasteiger partial charge in [0.15, 0.2) is 0 Å². The van der Waals surface area contributed by atoms with Crippen LogP contribution in [0.5, 0.6) is 0 Å². The summed E-state index contributed by atoms with van der Waals surface area (Å²) in [5.41, 5.74) is 1.93. The normalized spacial score (nSPS) is 12.6. The fourth-order valence-electron chi connectivity index (χ4n) is 2.37. The number of rotatable bonds is 6. The maximum Gasteiger partial charge on any atom is 0.123 e. The maximum atomic E-state index is 13.6. The first kappa shape index (κ1) is 14.7. The van der Waals surface area contributed by atoms with Crippen molar-refractivity contribution < 1.29 is 4.39 Å². The molecule has 1 atom stereocenters. The molecule has 0 aliphatic heterocycles. The van der Waals surface area contributed by atoms with Gasteiger partial charge in [-0.1, -0.05) is 13.0 Å². The largest absolute Gasteiger partial charge is 0.338 e. The van der Waals surface area contributed by atoms with Crippen LogP contribution in [0, 0.1) is 12.7 Å². The fraction of sp³-hybridized carbons (Fsp3) is 0.438. The highest BCUT2D eigenvalue weighted by molar-refractivity contribution is 5.27. The molecule has 0 aliphatic carbocycles. The van der Waals surface area contributed by atoms with Crippen molar-refractivity contribution >= 4 is 0 Å². The molecule has 0 bridgehead atoms. The van der Waals surface area contributed by atoms with Crippen LogP contribution in [0.2, 0.25) is 0 Å². The number of benzene rings is 1. The second kappa shape index (κ2) is 6.66. The third-order valence-corrected chi connectivity index (χ3v) is 3.42. The molecule has 1 heterocycles. The summed E-state index contributed by atoms with van der Waals surface area (Å²) in [5.74, 6) is 0.823. The Hall–Kier alpha value is -1.68. The summed E-state index contributed by atoms with van der Waals surface area (Å²) in [6.45, 7) is 4.95. The van der Waals surface area contributed by atoms with Crippen molar-refractivity contribution in [1.29, 1.82) is 0 Å². The molecule has 1 aromatic heterocycles. The lowest BCUT2D eigenvalue weighted by molar-refractivity contribution is 0.507. The molecular weight excluding hydrogens is 253 g/mol. The van der Waals surface area contributed by atoms with Gasteiger partial charge in [-0.15, -0.1) is 0 Å². The summed E-state index contributed by atoms with van der Waals surface area (Å²) in [5, 5.41) is 3.49. The van der Waals surface area contributed by atoms with Crippen molar-refractivity contribution in [2.24, 2.45) is 7.05 Å². The Labute approximate surface area is 119 Å². The minimum atomic E-state index is -0.178. The van der Waals surface area contributed by atoms with Gasteiger partial charge in [0, 0.05) is 31.9 Å². The van der Waals surface area contributed by atoms with Gasteiger partial charge in [0.1, 0.15) is 11.6 Å². The van der Waals surface area contributed by atoms with Crippen LogP contribution < -0.4 is 5.32 Å². The van der Waals surface area contributed by atoms with E-state index in [-0.39, 0.29) is 11.9 Å². The number of aromatic nitrogens is 2. The minimum absolute atomic E-state index is 0.0884. The first-order valence-corrected chi connectivity index (χ1v) is 7.07. The highest BCUT2D eigenvalue weighted by atomic mass is 19.1. The lowest BCUT2D eigenvalue weighted by Crippen LogP contribution is -2.25. The van der Waals surface area contributed by atoms with Crippen LogP contribution >= 0.6 is 0 Å². The molecule has 2 aromatic rings. The summed E-state index contributed by atoms with van der Waals surface area (Å²) in [7, 11) is 1.98. The number of nitrogens with zero attached hydrogens (tertiary/aromatic N) is 2. The second-order valence-corrected chi connectivity index (χ2v) is 5.23. The number of aryl methyl sites for hydroxylation is 2. The topological polar surface area (TPSA) is 29.9 Å². The average molecular weight is 275 g/mol. The summed E-state index contributed by atoms with van der Waals surface area (Å²) in [6, 6.07) is 5.30. The van der Waals surface area contributed by atoms with Crippen LogP contribution in [0.3, 0.4) is 0 Å². The van der Waals surface area contributed by atoms with Crippen molar-refractivity contribution in [2.45, 2.75) is 32.7 Å². The monoisotopic (exact) mass is 275 g/mol. The molecule has 0 amide bonds. The number of hydrogen-bond donors (Lipinski definition) is 1. The van der Waals surface area contributed by atoms with Gasteiger partial charge in [-0.05, 0) is 43.1 Å². The minimum Gasteiger partial charge on any atom is -0.338 e. The van der Waals surface area contributed by atoms with E-state index in [0.29, 0.717) is 0 Å². The van der Waals surface area contributed by atoms with Crippen molar-refractivity contribution in [3.05, 3.63) is 53.4 Å². The molecule has 2 rings (SSSR count). The highest BCUT2D eigenvalue weighted by Gasteiger charge is 2.15. The van der Waals surface area contributed by atoms with Crippen LogP contribution in [0.15, 0.2) is 30.6 Å². The molecule has 3 nitrogen and oxygen atoms in total. The summed E-state index contributed by atoms with van der Waals surface area (Å²) < 4.78 is 15.6. The van der Waals surface area contributed by atoms with E-state index in [0.717, 1.165) is 36.3 Å². The van der Waals surface area contributed by atoms with Gasteiger partial charge in [-0.25, -0.2) is 9.37 Å². The Kier molecular flexibility index (Phi) is 4.90. The van der Waals surface area contributed by atoms with Crippen LogP contribution in [0.4, 0.5) is 4.39 Å². The van der Waals surface area contributed by atoms with Crippen LogP contribution in [0.25, 0.3) is 0 Å². The van der Waals surface area contributed by atoms with Gasteiger partial charge in [0.2, 0.25) is 0 Å². The molecule has 0 aliphatic rings. The van der Waals surface area contributed by atoms with E-state index < -0.39 is 0 Å². The number of imidazole rings is 1. The van der Waals surface area contributed by atoms with Gasteiger partial charge < -0.3 is 9.88 Å². The quantitative estimate of drug-likeness (QED) is 0.877. The van der Waals surface area contributed by atoms with E-state index in [9.17, 15) is 4.39 Å². The van der Waals surface area contributed by atoms with Crippen LogP contribution in [-0.2, 0) is 13.5 Å². The summed E-state index contributed by atoms with van der Waals surface area (Å²) >= 11 is 0. The zero-order valence-electron chi connectivity index (χ0n) is 12.4. The number of nitrogens with one attached hydrogen (secondary N) is 1. The molecule has 0 fully saturated rings. The van der Waals surface area contributed by atoms with Crippen molar-refractivity contribution in [2.75, 3.05) is 6.54 Å². The van der Waals surface area contributed by atoms with E-state index in [1.165, 1.54) is 0 Å². The Bertz CT molecular complexity index is 542.